The van der Waals surface area contributed by atoms with Crippen LogP contribution < -0.4 is 16.6 Å². The van der Waals surface area contributed by atoms with Crippen LogP contribution in [0.4, 0.5) is 0 Å². The maximum Gasteiger partial charge on any atom is 0.695 e. The summed E-state index contributed by atoms with van der Waals surface area (Å²) in [5, 5.41) is 12.5. The van der Waals surface area contributed by atoms with E-state index in [1.165, 1.54) is 83.2 Å². The van der Waals surface area contributed by atoms with Gasteiger partial charge in [-0.2, -0.15) is 0 Å². The van der Waals surface area contributed by atoms with Gasteiger partial charge in [-0.1, -0.05) is 110 Å². The van der Waals surface area contributed by atoms with Gasteiger partial charge in [-0.25, -0.2) is 4.79 Å². The SMILES string of the molecule is CCCCCCCCCCCCCCCCCC(=O)OC(C)C(=O)NCCCCCCOC1[C@@H](O[P+](=O)O)[C@@H](CO)O[C@H]1n1ccc(=O)[nH]c1=O. The molecule has 0 aromatic carbocycles. The Morgan fingerprint density at radius 2 is 1.47 bits per heavy atom. The molecule has 1 aromatic heterocycles. The molecule has 0 aliphatic carbocycles. The lowest BCUT2D eigenvalue weighted by Gasteiger charge is -2.22. The van der Waals surface area contributed by atoms with Crippen LogP contribution in [0.5, 0.6) is 0 Å². The van der Waals surface area contributed by atoms with E-state index in [0.29, 0.717) is 25.8 Å². The molecule has 0 spiro atoms. The van der Waals surface area contributed by atoms with E-state index in [0.717, 1.165) is 42.7 Å². The first-order valence-electron chi connectivity index (χ1n) is 19.2. The Morgan fingerprint density at radius 1 is 0.902 bits per heavy atom. The number of aromatic amines is 1. The number of H-pyrrole nitrogens is 1. The van der Waals surface area contributed by atoms with Crippen molar-refractivity contribution < 1.29 is 42.9 Å². The topological polar surface area (TPSA) is 195 Å². The lowest BCUT2D eigenvalue weighted by molar-refractivity contribution is -0.154. The van der Waals surface area contributed by atoms with Gasteiger partial charge in [0.15, 0.2) is 18.4 Å². The summed E-state index contributed by atoms with van der Waals surface area (Å²) >= 11 is 0. The van der Waals surface area contributed by atoms with Gasteiger partial charge < -0.3 is 24.6 Å². The summed E-state index contributed by atoms with van der Waals surface area (Å²) in [4.78, 5) is 59.9. The van der Waals surface area contributed by atoms with Crippen LogP contribution in [-0.4, -0.2) is 75.6 Å². The maximum atomic E-state index is 12.4. The second kappa shape index (κ2) is 27.2. The number of unbranched alkanes of at least 4 members (excludes halogenated alkanes) is 17. The van der Waals surface area contributed by atoms with Crippen LogP contribution in [0.1, 0.15) is 148 Å². The average Bonchev–Trinajstić information content (AvgIpc) is 3.43. The van der Waals surface area contributed by atoms with Crippen LogP contribution in [0.15, 0.2) is 21.9 Å². The third-order valence-corrected chi connectivity index (χ3v) is 9.57. The summed E-state index contributed by atoms with van der Waals surface area (Å²) in [5.41, 5.74) is -1.37. The normalized spacial score (nSPS) is 19.6. The van der Waals surface area contributed by atoms with Crippen molar-refractivity contribution in [3.05, 3.63) is 33.1 Å². The van der Waals surface area contributed by atoms with Gasteiger partial charge in [0.25, 0.3) is 11.5 Å². The van der Waals surface area contributed by atoms with Crippen molar-refractivity contribution in [3.63, 3.8) is 0 Å². The van der Waals surface area contributed by atoms with Crippen molar-refractivity contribution in [1.82, 2.24) is 14.9 Å². The first-order chi connectivity index (χ1) is 24.7. The number of hydrogen-bond acceptors (Lipinski definition) is 10. The molecule has 1 amide bonds. The number of aliphatic hydroxyl groups excluding tert-OH is 1. The van der Waals surface area contributed by atoms with Gasteiger partial charge in [0.2, 0.25) is 0 Å². The van der Waals surface area contributed by atoms with E-state index in [1.807, 2.05) is 0 Å². The number of nitrogens with one attached hydrogen (secondary N) is 2. The summed E-state index contributed by atoms with van der Waals surface area (Å²) in [6, 6.07) is 1.13. The molecule has 292 valence electrons. The predicted molar refractivity (Wildman–Crippen MR) is 193 cm³/mol. The van der Waals surface area contributed by atoms with Crippen LogP contribution in [0, 0.1) is 0 Å². The van der Waals surface area contributed by atoms with Gasteiger partial charge in [-0.05, 0) is 26.2 Å². The minimum atomic E-state index is -3.05. The second-order valence-corrected chi connectivity index (χ2v) is 14.1. The fourth-order valence-electron chi connectivity index (χ4n) is 6.22. The molecule has 2 heterocycles. The Kier molecular flexibility index (Phi) is 23.8. The number of nitrogens with zero attached hydrogens (tertiary/aromatic N) is 1. The monoisotopic (exact) mass is 744 g/mol. The zero-order valence-electron chi connectivity index (χ0n) is 30.8. The molecule has 15 heteroatoms. The third-order valence-electron chi connectivity index (χ3n) is 9.15. The molecule has 6 atom stereocenters. The largest absolute Gasteiger partial charge is 0.695 e. The van der Waals surface area contributed by atoms with Crippen LogP contribution >= 0.6 is 8.25 Å². The molecule has 51 heavy (non-hydrogen) atoms. The van der Waals surface area contributed by atoms with E-state index < -0.39 is 56.8 Å². The highest BCUT2D eigenvalue weighted by molar-refractivity contribution is 7.32. The molecule has 1 saturated heterocycles. The maximum absolute atomic E-state index is 12.4. The highest BCUT2D eigenvalue weighted by atomic mass is 31.1. The highest BCUT2D eigenvalue weighted by Gasteiger charge is 2.51. The smallest absolute Gasteiger partial charge is 0.453 e. The van der Waals surface area contributed by atoms with Crippen LogP contribution in [0.2, 0.25) is 0 Å². The number of carbonyl (C=O) groups excluding carboxylic acids is 2. The summed E-state index contributed by atoms with van der Waals surface area (Å²) in [6.07, 6.45) is 18.0. The second-order valence-electron chi connectivity index (χ2n) is 13.4. The molecule has 2 rings (SSSR count). The minimum Gasteiger partial charge on any atom is -0.453 e. The number of aromatic nitrogens is 2. The molecular formula is C36H63N3O11P+. The molecule has 4 N–H and O–H groups in total. The van der Waals surface area contributed by atoms with Gasteiger partial charge in [0, 0.05) is 36.4 Å². The molecule has 1 aliphatic heterocycles. The molecular weight excluding hydrogens is 681 g/mol. The summed E-state index contributed by atoms with van der Waals surface area (Å²) in [7, 11) is -3.05. The summed E-state index contributed by atoms with van der Waals surface area (Å²) < 4.78 is 34.5. The van der Waals surface area contributed by atoms with Gasteiger partial charge in [-0.3, -0.25) is 23.9 Å². The Bertz CT molecular complexity index is 1240. The van der Waals surface area contributed by atoms with E-state index in [4.69, 9.17) is 18.7 Å². The van der Waals surface area contributed by atoms with Gasteiger partial charge in [-0.15, -0.1) is 9.42 Å². The van der Waals surface area contributed by atoms with E-state index in [9.17, 15) is 33.7 Å². The van der Waals surface area contributed by atoms with Crippen LogP contribution in [0.25, 0.3) is 0 Å². The fraction of sp³-hybridized carbons (Fsp3) is 0.833. The van der Waals surface area contributed by atoms with Crippen molar-refractivity contribution in [3.8, 4) is 0 Å². The fourth-order valence-corrected chi connectivity index (χ4v) is 6.68. The quantitative estimate of drug-likeness (QED) is 0.0428. The van der Waals surface area contributed by atoms with Crippen molar-refractivity contribution >= 4 is 20.1 Å². The number of aliphatic hydroxyl groups is 1. The number of rotatable bonds is 30. The van der Waals surface area contributed by atoms with E-state index in [-0.39, 0.29) is 18.5 Å². The third kappa shape index (κ3) is 18.7. The van der Waals surface area contributed by atoms with E-state index >= 15 is 0 Å². The van der Waals surface area contributed by atoms with E-state index in [1.54, 1.807) is 6.92 Å². The van der Waals surface area contributed by atoms with Crippen molar-refractivity contribution in [2.45, 2.75) is 173 Å². The Balaban J connectivity index is 1.52. The first-order valence-corrected chi connectivity index (χ1v) is 20.3. The number of amides is 1. The van der Waals surface area contributed by atoms with Crippen LogP contribution in [0.3, 0.4) is 0 Å². The standard InChI is InChI=1S/C36H62N3O11P/c1-3-4-5-6-7-8-9-10-11-12-13-14-15-16-19-22-31(42)48-28(2)34(43)37-24-20-17-18-21-26-47-33-32(50-51(45)46)29(27-40)49-35(33)39-25-23-30(41)38-36(39)44/h23,25,28-29,32-33,35,40H,3-22,24,26-27H2,1-2H3,(H2-,37,38,41,43,44,45,46)/p+1/t28?,29-,32+,33?,35-/m1/s1. The van der Waals surface area contributed by atoms with Crippen molar-refractivity contribution in [2.24, 2.45) is 0 Å². The molecule has 0 radical (unpaired) electrons. The summed E-state index contributed by atoms with van der Waals surface area (Å²) in [5.74, 6) is -0.684. The molecule has 1 aromatic rings. The van der Waals surface area contributed by atoms with Gasteiger partial charge in [0.1, 0.15) is 12.2 Å². The number of hydrogen-bond donors (Lipinski definition) is 4. The van der Waals surface area contributed by atoms with E-state index in [2.05, 4.69) is 17.2 Å². The highest BCUT2D eigenvalue weighted by Crippen LogP contribution is 2.37. The number of ether oxygens (including phenoxy) is 3. The summed E-state index contributed by atoms with van der Waals surface area (Å²) in [6.45, 7) is 3.89. The first kappa shape index (κ1) is 44.7. The predicted octanol–water partition coefficient (Wildman–Crippen LogP) is 5.72. The molecule has 1 fully saturated rings. The lowest BCUT2D eigenvalue weighted by atomic mass is 10.0. The minimum absolute atomic E-state index is 0.196. The number of carbonyl (C=O) groups is 2. The average molecular weight is 745 g/mol. The Hall–Kier alpha value is -2.48. The Morgan fingerprint density at radius 3 is 2.04 bits per heavy atom. The molecule has 0 saturated carbocycles. The van der Waals surface area contributed by atoms with Gasteiger partial charge >= 0.3 is 19.9 Å². The molecule has 0 bridgehead atoms. The lowest BCUT2D eigenvalue weighted by Crippen LogP contribution is -2.40. The van der Waals surface area contributed by atoms with Gasteiger partial charge in [0.05, 0.1) is 6.61 Å². The van der Waals surface area contributed by atoms with Crippen LogP contribution in [-0.2, 0) is 32.9 Å². The number of esters is 1. The van der Waals surface area contributed by atoms with Crippen molar-refractivity contribution in [2.75, 3.05) is 19.8 Å². The van der Waals surface area contributed by atoms with Crippen molar-refractivity contribution in [1.29, 1.82) is 0 Å². The molecule has 14 nitrogen and oxygen atoms in total. The molecule has 1 aliphatic rings. The zero-order valence-corrected chi connectivity index (χ0v) is 31.7. The Labute approximate surface area is 303 Å². The molecule has 3 unspecified atom stereocenters. The zero-order chi connectivity index (χ0) is 37.3.